The number of benzene rings is 1. The van der Waals surface area contributed by atoms with Crippen LogP contribution in [0.15, 0.2) is 29.3 Å². The van der Waals surface area contributed by atoms with Crippen LogP contribution in [-0.4, -0.2) is 12.1 Å². The van der Waals surface area contributed by atoms with Crippen molar-refractivity contribution < 1.29 is 4.84 Å². The van der Waals surface area contributed by atoms with E-state index >= 15 is 0 Å². The maximum Gasteiger partial charge on any atom is 0.177 e. The molecule has 3 nitrogen and oxygen atoms in total. The van der Waals surface area contributed by atoms with Gasteiger partial charge in [0.1, 0.15) is 0 Å². The summed E-state index contributed by atoms with van der Waals surface area (Å²) in [6.45, 7) is 4.20. The Hall–Kier alpha value is -1.35. The van der Waals surface area contributed by atoms with Gasteiger partial charge in [0.15, 0.2) is 12.1 Å². The summed E-state index contributed by atoms with van der Waals surface area (Å²) >= 11 is 0. The third kappa shape index (κ3) is 2.36. The number of hydroxylamine groups is 1. The van der Waals surface area contributed by atoms with Crippen LogP contribution in [0.5, 0.6) is 0 Å². The maximum atomic E-state index is 5.35. The summed E-state index contributed by atoms with van der Waals surface area (Å²) in [7, 11) is 0. The first-order valence-electron chi connectivity index (χ1n) is 5.36. The molecule has 1 aliphatic rings. The van der Waals surface area contributed by atoms with Gasteiger partial charge in [0.25, 0.3) is 0 Å². The van der Waals surface area contributed by atoms with Crippen LogP contribution in [-0.2, 0) is 4.84 Å². The Morgan fingerprint density at radius 2 is 2.33 bits per heavy atom. The average Bonchev–Trinajstić information content (AvgIpc) is 2.67. The van der Waals surface area contributed by atoms with Gasteiger partial charge in [-0.1, -0.05) is 37.1 Å². The SMILES string of the molecule is CCCC1N=C(c2cccc(C)c2)NO1. The Morgan fingerprint density at radius 3 is 3.07 bits per heavy atom. The molecule has 1 aromatic rings. The Kier molecular flexibility index (Phi) is 3.02. The van der Waals surface area contributed by atoms with E-state index in [-0.39, 0.29) is 6.23 Å². The summed E-state index contributed by atoms with van der Waals surface area (Å²) in [4.78, 5) is 9.82. The van der Waals surface area contributed by atoms with Gasteiger partial charge < -0.3 is 0 Å². The molecular formula is C12H16N2O. The highest BCUT2D eigenvalue weighted by atomic mass is 16.7. The fourth-order valence-electron chi connectivity index (χ4n) is 1.62. The van der Waals surface area contributed by atoms with Crippen molar-refractivity contribution in [2.45, 2.75) is 32.9 Å². The molecule has 0 amide bonds. The molecule has 1 atom stereocenters. The molecule has 0 fully saturated rings. The van der Waals surface area contributed by atoms with Crippen LogP contribution in [0.1, 0.15) is 30.9 Å². The zero-order chi connectivity index (χ0) is 10.7. The molecule has 2 rings (SSSR count). The van der Waals surface area contributed by atoms with Crippen LogP contribution < -0.4 is 5.48 Å². The lowest BCUT2D eigenvalue weighted by Crippen LogP contribution is -2.19. The lowest BCUT2D eigenvalue weighted by Gasteiger charge is -2.02. The van der Waals surface area contributed by atoms with Gasteiger partial charge in [0.2, 0.25) is 0 Å². The monoisotopic (exact) mass is 204 g/mol. The van der Waals surface area contributed by atoms with Crippen molar-refractivity contribution in [1.82, 2.24) is 5.48 Å². The largest absolute Gasteiger partial charge is 0.248 e. The number of aliphatic imine (C=N–C) groups is 1. The predicted molar refractivity (Wildman–Crippen MR) is 60.6 cm³/mol. The molecule has 0 bridgehead atoms. The minimum Gasteiger partial charge on any atom is -0.248 e. The first kappa shape index (κ1) is 10.2. The van der Waals surface area contributed by atoms with Crippen molar-refractivity contribution in [3.05, 3.63) is 35.4 Å². The highest BCUT2D eigenvalue weighted by Crippen LogP contribution is 2.12. The van der Waals surface area contributed by atoms with E-state index in [1.165, 1.54) is 5.56 Å². The Bertz CT molecular complexity index is 374. The van der Waals surface area contributed by atoms with E-state index in [0.29, 0.717) is 0 Å². The molecule has 1 N–H and O–H groups in total. The number of aryl methyl sites for hydroxylation is 1. The highest BCUT2D eigenvalue weighted by Gasteiger charge is 2.17. The summed E-state index contributed by atoms with van der Waals surface area (Å²) in [5, 5.41) is 0. The number of amidine groups is 1. The van der Waals surface area contributed by atoms with E-state index in [0.717, 1.165) is 24.2 Å². The molecule has 0 aromatic heterocycles. The highest BCUT2D eigenvalue weighted by molar-refractivity contribution is 5.98. The molecule has 0 aliphatic carbocycles. The minimum absolute atomic E-state index is 0.0227. The molecule has 3 heteroatoms. The van der Waals surface area contributed by atoms with E-state index in [2.05, 4.69) is 36.5 Å². The molecule has 0 radical (unpaired) electrons. The van der Waals surface area contributed by atoms with E-state index in [4.69, 9.17) is 4.84 Å². The smallest absolute Gasteiger partial charge is 0.177 e. The lowest BCUT2D eigenvalue weighted by molar-refractivity contribution is 0.0330. The number of hydrogen-bond donors (Lipinski definition) is 1. The summed E-state index contributed by atoms with van der Waals surface area (Å²) in [6, 6.07) is 8.24. The van der Waals surface area contributed by atoms with Gasteiger partial charge in [-0.3, -0.25) is 0 Å². The van der Waals surface area contributed by atoms with Crippen LogP contribution in [0.25, 0.3) is 0 Å². The molecule has 0 spiro atoms. The molecule has 1 unspecified atom stereocenters. The number of hydrogen-bond acceptors (Lipinski definition) is 3. The third-order valence-electron chi connectivity index (χ3n) is 2.39. The van der Waals surface area contributed by atoms with Gasteiger partial charge in [0.05, 0.1) is 0 Å². The zero-order valence-electron chi connectivity index (χ0n) is 9.16. The van der Waals surface area contributed by atoms with Gasteiger partial charge in [-0.15, -0.1) is 0 Å². The summed E-state index contributed by atoms with van der Waals surface area (Å²) in [6.07, 6.45) is 2.02. The summed E-state index contributed by atoms with van der Waals surface area (Å²) in [5.74, 6) is 0.845. The van der Waals surface area contributed by atoms with Crippen LogP contribution in [0, 0.1) is 6.92 Å². The molecule has 15 heavy (non-hydrogen) atoms. The number of nitrogens with one attached hydrogen (secondary N) is 1. The first-order valence-corrected chi connectivity index (χ1v) is 5.36. The molecule has 1 aliphatic heterocycles. The van der Waals surface area contributed by atoms with Crippen molar-refractivity contribution >= 4 is 5.84 Å². The normalized spacial score (nSPS) is 19.9. The van der Waals surface area contributed by atoms with Crippen molar-refractivity contribution in [2.24, 2.45) is 4.99 Å². The van der Waals surface area contributed by atoms with Crippen LogP contribution in [0.4, 0.5) is 0 Å². The van der Waals surface area contributed by atoms with Gasteiger partial charge in [-0.2, -0.15) is 0 Å². The third-order valence-corrected chi connectivity index (χ3v) is 2.39. The topological polar surface area (TPSA) is 33.6 Å². The van der Waals surface area contributed by atoms with Gasteiger partial charge in [-0.05, 0) is 19.4 Å². The van der Waals surface area contributed by atoms with Crippen LogP contribution in [0.2, 0.25) is 0 Å². The fraction of sp³-hybridized carbons (Fsp3) is 0.417. The standard InChI is InChI=1S/C12H16N2O/c1-3-5-11-13-12(14-15-11)10-7-4-6-9(2)8-10/h4,6-8,11H,3,5H2,1-2H3,(H,13,14). The van der Waals surface area contributed by atoms with E-state index < -0.39 is 0 Å². The lowest BCUT2D eigenvalue weighted by atomic mass is 10.1. The van der Waals surface area contributed by atoms with Crippen molar-refractivity contribution in [2.75, 3.05) is 0 Å². The molecule has 0 saturated carbocycles. The zero-order valence-corrected chi connectivity index (χ0v) is 9.16. The average molecular weight is 204 g/mol. The van der Waals surface area contributed by atoms with Gasteiger partial charge in [-0.25, -0.2) is 15.3 Å². The molecule has 1 aromatic carbocycles. The maximum absolute atomic E-state index is 5.35. The Morgan fingerprint density at radius 1 is 1.47 bits per heavy atom. The van der Waals surface area contributed by atoms with Crippen molar-refractivity contribution in [3.63, 3.8) is 0 Å². The molecular weight excluding hydrogens is 188 g/mol. The fourth-order valence-corrected chi connectivity index (χ4v) is 1.62. The molecule has 0 saturated heterocycles. The Balaban J connectivity index is 2.15. The number of rotatable bonds is 3. The van der Waals surface area contributed by atoms with E-state index in [9.17, 15) is 0 Å². The van der Waals surface area contributed by atoms with E-state index in [1.807, 2.05) is 12.1 Å². The predicted octanol–water partition coefficient (Wildman–Crippen LogP) is 2.40. The van der Waals surface area contributed by atoms with E-state index in [1.54, 1.807) is 0 Å². The first-order chi connectivity index (χ1) is 7.29. The molecule has 1 heterocycles. The molecule has 80 valence electrons. The van der Waals surface area contributed by atoms with Crippen LogP contribution >= 0.6 is 0 Å². The second-order valence-corrected chi connectivity index (χ2v) is 3.81. The van der Waals surface area contributed by atoms with Crippen LogP contribution in [0.3, 0.4) is 0 Å². The second kappa shape index (κ2) is 4.45. The number of nitrogens with zero attached hydrogens (tertiary/aromatic N) is 1. The minimum atomic E-state index is -0.0227. The van der Waals surface area contributed by atoms with Gasteiger partial charge >= 0.3 is 0 Å². The van der Waals surface area contributed by atoms with Crippen molar-refractivity contribution in [3.8, 4) is 0 Å². The summed E-state index contributed by atoms with van der Waals surface area (Å²) in [5.41, 5.74) is 5.21. The quantitative estimate of drug-likeness (QED) is 0.820. The second-order valence-electron chi connectivity index (χ2n) is 3.81. The van der Waals surface area contributed by atoms with Crippen molar-refractivity contribution in [1.29, 1.82) is 0 Å². The van der Waals surface area contributed by atoms with Gasteiger partial charge in [0, 0.05) is 5.56 Å². The Labute approximate surface area is 90.1 Å². The summed E-state index contributed by atoms with van der Waals surface area (Å²) < 4.78 is 0.